The maximum absolute atomic E-state index is 12.5. The molecule has 0 aliphatic heterocycles. The molecule has 2 rings (SSSR count). The van der Waals surface area contributed by atoms with E-state index in [-0.39, 0.29) is 12.1 Å². The summed E-state index contributed by atoms with van der Waals surface area (Å²) in [4.78, 5) is 25.3. The third-order valence-electron chi connectivity index (χ3n) is 3.33. The molecular formula is C17H14ClF3N2O2. The molecule has 0 spiro atoms. The van der Waals surface area contributed by atoms with Crippen molar-refractivity contribution in [3.8, 4) is 0 Å². The first kappa shape index (κ1) is 18.8. The number of benzene rings is 2. The number of anilines is 1. The Morgan fingerprint density at radius 1 is 1.08 bits per heavy atom. The molecule has 8 heteroatoms. The molecule has 4 nitrogen and oxygen atoms in total. The molecular weight excluding hydrogens is 357 g/mol. The van der Waals surface area contributed by atoms with E-state index in [1.54, 1.807) is 24.3 Å². The zero-order valence-corrected chi connectivity index (χ0v) is 13.9. The fourth-order valence-corrected chi connectivity index (χ4v) is 2.24. The van der Waals surface area contributed by atoms with E-state index >= 15 is 0 Å². The quantitative estimate of drug-likeness (QED) is 0.882. The van der Waals surface area contributed by atoms with E-state index in [2.05, 4.69) is 5.32 Å². The Balaban J connectivity index is 2.00. The molecule has 0 saturated carbocycles. The van der Waals surface area contributed by atoms with Crippen LogP contribution in [0.25, 0.3) is 0 Å². The van der Waals surface area contributed by atoms with Crippen LogP contribution in [0.5, 0.6) is 0 Å². The number of para-hydroxylation sites is 1. The van der Waals surface area contributed by atoms with Crippen molar-refractivity contribution >= 4 is 29.1 Å². The van der Waals surface area contributed by atoms with Crippen LogP contribution in [0.1, 0.15) is 15.9 Å². The molecule has 0 aliphatic rings. The molecule has 0 aliphatic carbocycles. The van der Waals surface area contributed by atoms with Gasteiger partial charge in [0.1, 0.15) is 0 Å². The van der Waals surface area contributed by atoms with Gasteiger partial charge in [-0.25, -0.2) is 0 Å². The number of carbonyl (C=O) groups excluding carboxylic acids is 2. The van der Waals surface area contributed by atoms with Gasteiger partial charge in [-0.2, -0.15) is 13.2 Å². The van der Waals surface area contributed by atoms with Crippen molar-refractivity contribution in [1.82, 2.24) is 4.90 Å². The summed E-state index contributed by atoms with van der Waals surface area (Å²) in [5, 5.41) is 2.92. The van der Waals surface area contributed by atoms with Crippen LogP contribution in [0, 0.1) is 0 Å². The lowest BCUT2D eigenvalue weighted by molar-refractivity contribution is -0.137. The fraction of sp³-hybridized carbons (Fsp3) is 0.176. The van der Waals surface area contributed by atoms with Gasteiger partial charge in [0.2, 0.25) is 5.91 Å². The first-order chi connectivity index (χ1) is 11.7. The highest BCUT2D eigenvalue weighted by Crippen LogP contribution is 2.29. The van der Waals surface area contributed by atoms with Gasteiger partial charge in [0.05, 0.1) is 22.8 Å². The van der Waals surface area contributed by atoms with Crippen LogP contribution in [0.3, 0.4) is 0 Å². The number of nitrogens with one attached hydrogen (secondary N) is 1. The number of halogens is 4. The first-order valence-corrected chi connectivity index (χ1v) is 7.53. The zero-order chi connectivity index (χ0) is 18.6. The normalized spacial score (nSPS) is 11.1. The lowest BCUT2D eigenvalue weighted by atomic mass is 10.1. The van der Waals surface area contributed by atoms with E-state index < -0.39 is 23.6 Å². The van der Waals surface area contributed by atoms with Crippen LogP contribution >= 0.6 is 11.6 Å². The van der Waals surface area contributed by atoms with Gasteiger partial charge >= 0.3 is 6.18 Å². The molecule has 0 heterocycles. The Kier molecular flexibility index (Phi) is 5.69. The average molecular weight is 371 g/mol. The third-order valence-corrected chi connectivity index (χ3v) is 3.66. The summed E-state index contributed by atoms with van der Waals surface area (Å²) in [5.41, 5.74) is -0.381. The second kappa shape index (κ2) is 7.57. The second-order valence-corrected chi connectivity index (χ2v) is 5.67. The monoisotopic (exact) mass is 370 g/mol. The van der Waals surface area contributed by atoms with Gasteiger partial charge in [0, 0.05) is 12.6 Å². The number of carbonyl (C=O) groups is 2. The van der Waals surface area contributed by atoms with Crippen molar-refractivity contribution in [1.29, 1.82) is 0 Å². The molecule has 0 saturated heterocycles. The van der Waals surface area contributed by atoms with Gasteiger partial charge in [-0.15, -0.1) is 0 Å². The lowest BCUT2D eigenvalue weighted by Crippen LogP contribution is -2.35. The van der Waals surface area contributed by atoms with Gasteiger partial charge < -0.3 is 10.2 Å². The first-order valence-electron chi connectivity index (χ1n) is 7.15. The standard InChI is InChI=1S/C17H14ClF3N2O2/c1-23(10-15(24)22-14-5-3-2-4-13(14)18)16(25)11-6-8-12(9-7-11)17(19,20)21/h2-9H,10H2,1H3,(H,22,24). The molecule has 0 atom stereocenters. The van der Waals surface area contributed by atoms with Crippen molar-refractivity contribution in [3.05, 3.63) is 64.7 Å². The summed E-state index contributed by atoms with van der Waals surface area (Å²) in [7, 11) is 1.38. The van der Waals surface area contributed by atoms with Crippen molar-refractivity contribution < 1.29 is 22.8 Å². The van der Waals surface area contributed by atoms with Crippen molar-refractivity contribution in [3.63, 3.8) is 0 Å². The average Bonchev–Trinajstić information content (AvgIpc) is 2.55. The predicted molar refractivity (Wildman–Crippen MR) is 88.5 cm³/mol. The van der Waals surface area contributed by atoms with E-state index in [0.717, 1.165) is 29.2 Å². The Bertz CT molecular complexity index is 776. The van der Waals surface area contributed by atoms with Crippen LogP contribution in [0.4, 0.5) is 18.9 Å². The second-order valence-electron chi connectivity index (χ2n) is 5.26. The van der Waals surface area contributed by atoms with E-state index in [0.29, 0.717) is 10.7 Å². The fourth-order valence-electron chi connectivity index (χ4n) is 2.06. The molecule has 0 bridgehead atoms. The smallest absolute Gasteiger partial charge is 0.332 e. The van der Waals surface area contributed by atoms with Gasteiger partial charge in [0.15, 0.2) is 0 Å². The van der Waals surface area contributed by atoms with Gasteiger partial charge in [-0.05, 0) is 36.4 Å². The molecule has 2 amide bonds. The number of nitrogens with zero attached hydrogens (tertiary/aromatic N) is 1. The Labute approximate surface area is 147 Å². The van der Waals surface area contributed by atoms with Crippen LogP contribution in [0.2, 0.25) is 5.02 Å². The van der Waals surface area contributed by atoms with Crippen molar-refractivity contribution in [2.75, 3.05) is 18.9 Å². The Hall–Kier alpha value is -2.54. The number of likely N-dealkylation sites (N-methyl/N-ethyl adjacent to an activating group) is 1. The Morgan fingerprint density at radius 3 is 2.24 bits per heavy atom. The highest BCUT2D eigenvalue weighted by molar-refractivity contribution is 6.33. The predicted octanol–water partition coefficient (Wildman–Crippen LogP) is 4.07. The minimum Gasteiger partial charge on any atom is -0.332 e. The molecule has 1 N–H and O–H groups in total. The minimum absolute atomic E-state index is 0.0565. The summed E-state index contributed by atoms with van der Waals surface area (Å²) >= 11 is 5.93. The van der Waals surface area contributed by atoms with E-state index in [9.17, 15) is 22.8 Å². The van der Waals surface area contributed by atoms with Gasteiger partial charge in [-0.1, -0.05) is 23.7 Å². The number of hydrogen-bond acceptors (Lipinski definition) is 2. The Morgan fingerprint density at radius 2 is 1.68 bits per heavy atom. The number of amides is 2. The van der Waals surface area contributed by atoms with E-state index in [1.807, 2.05) is 0 Å². The highest BCUT2D eigenvalue weighted by Gasteiger charge is 2.30. The van der Waals surface area contributed by atoms with Crippen LogP contribution in [-0.4, -0.2) is 30.3 Å². The molecule has 0 unspecified atom stereocenters. The van der Waals surface area contributed by atoms with Crippen LogP contribution in [-0.2, 0) is 11.0 Å². The number of rotatable bonds is 4. The molecule has 25 heavy (non-hydrogen) atoms. The SMILES string of the molecule is CN(CC(=O)Nc1ccccc1Cl)C(=O)c1ccc(C(F)(F)F)cc1. The van der Waals surface area contributed by atoms with E-state index in [1.165, 1.54) is 7.05 Å². The third kappa shape index (κ3) is 4.96. The van der Waals surface area contributed by atoms with Crippen LogP contribution < -0.4 is 5.32 Å². The van der Waals surface area contributed by atoms with Crippen molar-refractivity contribution in [2.45, 2.75) is 6.18 Å². The summed E-state index contributed by atoms with van der Waals surface area (Å²) < 4.78 is 37.6. The van der Waals surface area contributed by atoms with Gasteiger partial charge in [0.25, 0.3) is 5.91 Å². The van der Waals surface area contributed by atoms with Crippen LogP contribution in [0.15, 0.2) is 48.5 Å². The van der Waals surface area contributed by atoms with E-state index in [4.69, 9.17) is 11.6 Å². The number of hydrogen-bond donors (Lipinski definition) is 1. The summed E-state index contributed by atoms with van der Waals surface area (Å²) in [6.45, 7) is -0.273. The lowest BCUT2D eigenvalue weighted by Gasteiger charge is -2.17. The van der Waals surface area contributed by atoms with Gasteiger partial charge in [-0.3, -0.25) is 9.59 Å². The molecule has 132 valence electrons. The summed E-state index contributed by atoms with van der Waals surface area (Å²) in [5.74, 6) is -1.04. The molecule has 0 radical (unpaired) electrons. The maximum atomic E-state index is 12.5. The highest BCUT2D eigenvalue weighted by atomic mass is 35.5. The summed E-state index contributed by atoms with van der Waals surface area (Å²) in [6.07, 6.45) is -4.47. The molecule has 0 fully saturated rings. The molecule has 2 aromatic rings. The topological polar surface area (TPSA) is 49.4 Å². The summed E-state index contributed by atoms with van der Waals surface area (Å²) in [6, 6.07) is 10.4. The number of alkyl halides is 3. The largest absolute Gasteiger partial charge is 0.416 e. The van der Waals surface area contributed by atoms with Crippen molar-refractivity contribution in [2.24, 2.45) is 0 Å². The minimum atomic E-state index is -4.47. The molecule has 2 aromatic carbocycles. The zero-order valence-electron chi connectivity index (χ0n) is 13.1. The maximum Gasteiger partial charge on any atom is 0.416 e. The molecule has 0 aromatic heterocycles.